The lowest BCUT2D eigenvalue weighted by Gasteiger charge is -2.09. The molecule has 17 heavy (non-hydrogen) atoms. The van der Waals surface area contributed by atoms with Crippen molar-refractivity contribution in [2.75, 3.05) is 0 Å². The Balaban J connectivity index is 2.23. The maximum atomic E-state index is 10.9. The van der Waals surface area contributed by atoms with Crippen molar-refractivity contribution in [2.45, 2.75) is 6.92 Å². The summed E-state index contributed by atoms with van der Waals surface area (Å²) in [7, 11) is 0. The molecule has 0 aliphatic heterocycles. The second-order valence-corrected chi connectivity index (χ2v) is 3.25. The Labute approximate surface area is 98.8 Å². The van der Waals surface area contributed by atoms with Crippen LogP contribution >= 0.6 is 0 Å². The van der Waals surface area contributed by atoms with Crippen LogP contribution in [0.1, 0.15) is 6.92 Å². The molecule has 1 aromatic carbocycles. The van der Waals surface area contributed by atoms with E-state index in [1.165, 1.54) is 6.92 Å². The summed E-state index contributed by atoms with van der Waals surface area (Å²) in [5, 5.41) is 0. The highest BCUT2D eigenvalue weighted by molar-refractivity contribution is 5.70. The molecule has 1 heterocycles. The Morgan fingerprint density at radius 2 is 2.24 bits per heavy atom. The number of hydrogen-bond donors (Lipinski definition) is 0. The lowest BCUT2D eigenvalue weighted by molar-refractivity contribution is -0.132. The highest BCUT2D eigenvalue weighted by Gasteiger charge is 2.07. The lowest BCUT2D eigenvalue weighted by atomic mass is 10.3. The number of carbonyl (C=O) groups excluding carboxylic acids is 1. The number of carbonyl (C=O) groups is 1. The number of aromatic nitrogens is 1. The summed E-state index contributed by atoms with van der Waals surface area (Å²) in [4.78, 5) is 14.8. The van der Waals surface area contributed by atoms with E-state index in [2.05, 4.69) is 11.1 Å². The summed E-state index contributed by atoms with van der Waals surface area (Å²) in [6.45, 7) is 1.33. The Morgan fingerprint density at radius 3 is 2.94 bits per heavy atom. The minimum atomic E-state index is -0.413. The van der Waals surface area contributed by atoms with Gasteiger partial charge in [0.25, 0.3) is 0 Å². The summed E-state index contributed by atoms with van der Waals surface area (Å²) in [5.41, 5.74) is 0. The van der Waals surface area contributed by atoms with Gasteiger partial charge < -0.3 is 9.47 Å². The van der Waals surface area contributed by atoms with E-state index < -0.39 is 5.97 Å². The van der Waals surface area contributed by atoms with Gasteiger partial charge in [-0.05, 0) is 18.2 Å². The SMILES string of the molecule is CC(=O)Oc1[c]cccc1Oc1cccnc1. The number of benzene rings is 1. The first kappa shape index (κ1) is 11.1. The minimum Gasteiger partial charge on any atom is -0.452 e. The zero-order valence-corrected chi connectivity index (χ0v) is 9.21. The number of hydrogen-bond acceptors (Lipinski definition) is 4. The Hall–Kier alpha value is -2.36. The third-order valence-electron chi connectivity index (χ3n) is 1.89. The first-order valence-corrected chi connectivity index (χ1v) is 5.03. The Morgan fingerprint density at radius 1 is 1.35 bits per heavy atom. The van der Waals surface area contributed by atoms with Gasteiger partial charge >= 0.3 is 5.97 Å². The predicted octanol–water partition coefficient (Wildman–Crippen LogP) is 2.60. The van der Waals surface area contributed by atoms with Gasteiger partial charge in [0.1, 0.15) is 5.75 Å². The topological polar surface area (TPSA) is 48.4 Å². The van der Waals surface area contributed by atoms with Crippen molar-refractivity contribution >= 4 is 5.97 Å². The normalized spacial score (nSPS) is 9.71. The standard InChI is InChI=1S/C13H10NO3/c1-10(15)16-12-6-2-3-7-13(12)17-11-5-4-8-14-9-11/h2-5,7-9H,1H3. The van der Waals surface area contributed by atoms with Gasteiger partial charge in [-0.2, -0.15) is 0 Å². The van der Waals surface area contributed by atoms with Gasteiger partial charge in [-0.15, -0.1) is 0 Å². The molecule has 0 unspecified atom stereocenters. The lowest BCUT2D eigenvalue weighted by Crippen LogP contribution is -2.02. The fourth-order valence-corrected chi connectivity index (χ4v) is 1.24. The largest absolute Gasteiger partial charge is 0.452 e. The third kappa shape index (κ3) is 3.04. The van der Waals surface area contributed by atoms with Crippen LogP contribution in [-0.2, 0) is 4.79 Å². The number of para-hydroxylation sites is 1. The summed E-state index contributed by atoms with van der Waals surface area (Å²) in [5.74, 6) is 0.851. The van der Waals surface area contributed by atoms with E-state index in [-0.39, 0.29) is 5.75 Å². The molecule has 0 N–H and O–H groups in total. The quantitative estimate of drug-likeness (QED) is 0.598. The molecule has 0 aliphatic rings. The molecule has 2 rings (SSSR count). The number of rotatable bonds is 3. The van der Waals surface area contributed by atoms with Crippen LogP contribution in [0.4, 0.5) is 0 Å². The molecule has 0 saturated heterocycles. The van der Waals surface area contributed by atoms with Crippen molar-refractivity contribution in [3.05, 3.63) is 48.8 Å². The first-order chi connectivity index (χ1) is 8.25. The van der Waals surface area contributed by atoms with Gasteiger partial charge in [0.15, 0.2) is 11.5 Å². The van der Waals surface area contributed by atoms with Gasteiger partial charge in [-0.3, -0.25) is 9.78 Å². The van der Waals surface area contributed by atoms with Crippen LogP contribution in [0.5, 0.6) is 17.2 Å². The first-order valence-electron chi connectivity index (χ1n) is 5.03. The maximum absolute atomic E-state index is 10.9. The number of nitrogens with zero attached hydrogens (tertiary/aromatic N) is 1. The summed E-state index contributed by atoms with van der Waals surface area (Å²) in [6, 6.07) is 11.4. The zero-order valence-electron chi connectivity index (χ0n) is 9.21. The van der Waals surface area contributed by atoms with E-state index in [1.54, 1.807) is 42.7 Å². The smallest absolute Gasteiger partial charge is 0.308 e. The van der Waals surface area contributed by atoms with E-state index in [9.17, 15) is 4.79 Å². The molecule has 2 aromatic rings. The molecule has 0 amide bonds. The Kier molecular flexibility index (Phi) is 3.35. The highest BCUT2D eigenvalue weighted by atomic mass is 16.6. The van der Waals surface area contributed by atoms with Crippen LogP contribution in [0.2, 0.25) is 0 Å². The Bertz CT molecular complexity index is 511. The van der Waals surface area contributed by atoms with Crippen LogP contribution < -0.4 is 9.47 Å². The van der Waals surface area contributed by atoms with Crippen molar-refractivity contribution in [1.82, 2.24) is 4.98 Å². The monoisotopic (exact) mass is 228 g/mol. The van der Waals surface area contributed by atoms with Gasteiger partial charge in [0.2, 0.25) is 0 Å². The number of pyridine rings is 1. The fourth-order valence-electron chi connectivity index (χ4n) is 1.24. The van der Waals surface area contributed by atoms with Gasteiger partial charge in [-0.1, -0.05) is 12.1 Å². The summed E-state index contributed by atoms with van der Waals surface area (Å²) in [6.07, 6.45) is 3.22. The van der Waals surface area contributed by atoms with E-state index in [4.69, 9.17) is 9.47 Å². The molecular formula is C13H10NO3. The van der Waals surface area contributed by atoms with Crippen molar-refractivity contribution < 1.29 is 14.3 Å². The summed E-state index contributed by atoms with van der Waals surface area (Å²) < 4.78 is 10.5. The van der Waals surface area contributed by atoms with Crippen molar-refractivity contribution in [3.8, 4) is 17.2 Å². The number of ether oxygens (including phenoxy) is 2. The number of esters is 1. The highest BCUT2D eigenvalue weighted by Crippen LogP contribution is 2.30. The fraction of sp³-hybridized carbons (Fsp3) is 0.0769. The molecular weight excluding hydrogens is 218 g/mol. The van der Waals surface area contributed by atoms with Crippen LogP contribution in [0.3, 0.4) is 0 Å². The molecule has 0 aliphatic carbocycles. The third-order valence-corrected chi connectivity index (χ3v) is 1.89. The molecule has 0 bridgehead atoms. The van der Waals surface area contributed by atoms with Gasteiger partial charge in [0, 0.05) is 19.2 Å². The van der Waals surface area contributed by atoms with Crippen LogP contribution in [0.15, 0.2) is 42.7 Å². The molecule has 4 nitrogen and oxygen atoms in total. The molecule has 0 atom stereocenters. The van der Waals surface area contributed by atoms with Gasteiger partial charge in [-0.25, -0.2) is 0 Å². The van der Waals surface area contributed by atoms with Crippen LogP contribution in [0.25, 0.3) is 0 Å². The van der Waals surface area contributed by atoms with E-state index in [0.717, 1.165) is 0 Å². The molecule has 4 heteroatoms. The van der Waals surface area contributed by atoms with E-state index in [1.807, 2.05) is 0 Å². The predicted molar refractivity (Wildman–Crippen MR) is 60.9 cm³/mol. The summed E-state index contributed by atoms with van der Waals surface area (Å²) >= 11 is 0. The molecule has 1 aromatic heterocycles. The van der Waals surface area contributed by atoms with Crippen molar-refractivity contribution in [1.29, 1.82) is 0 Å². The average molecular weight is 228 g/mol. The van der Waals surface area contributed by atoms with Crippen molar-refractivity contribution in [3.63, 3.8) is 0 Å². The molecule has 1 radical (unpaired) electrons. The van der Waals surface area contributed by atoms with Crippen LogP contribution in [0, 0.1) is 6.07 Å². The zero-order chi connectivity index (χ0) is 12.1. The molecule has 85 valence electrons. The van der Waals surface area contributed by atoms with E-state index >= 15 is 0 Å². The van der Waals surface area contributed by atoms with Crippen molar-refractivity contribution in [2.24, 2.45) is 0 Å². The van der Waals surface area contributed by atoms with Gasteiger partial charge in [0.05, 0.1) is 6.20 Å². The second-order valence-electron chi connectivity index (χ2n) is 3.25. The maximum Gasteiger partial charge on any atom is 0.308 e. The molecule has 0 saturated carbocycles. The molecule has 0 spiro atoms. The second kappa shape index (κ2) is 5.12. The van der Waals surface area contributed by atoms with Crippen LogP contribution in [-0.4, -0.2) is 11.0 Å². The van der Waals surface area contributed by atoms with E-state index in [0.29, 0.717) is 11.5 Å². The molecule has 0 fully saturated rings. The average Bonchev–Trinajstić information content (AvgIpc) is 2.32. The minimum absolute atomic E-state index is 0.267.